The molecule has 0 bridgehead atoms. The van der Waals surface area contributed by atoms with Gasteiger partial charge in [0.1, 0.15) is 11.5 Å². The maximum Gasteiger partial charge on any atom is 0.354 e. The van der Waals surface area contributed by atoms with Gasteiger partial charge < -0.3 is 20.4 Å². The zero-order chi connectivity index (χ0) is 19.6. The van der Waals surface area contributed by atoms with Gasteiger partial charge in [-0.15, -0.1) is 0 Å². The van der Waals surface area contributed by atoms with E-state index in [4.69, 9.17) is 16.3 Å². The Labute approximate surface area is 159 Å². The molecule has 0 aliphatic carbocycles. The molecule has 140 valence electrons. The van der Waals surface area contributed by atoms with E-state index in [0.717, 1.165) is 0 Å². The number of hydrogen-bond acceptors (Lipinski definition) is 4. The normalized spacial score (nSPS) is 10.7. The van der Waals surface area contributed by atoms with Crippen molar-refractivity contribution < 1.29 is 18.7 Å². The van der Waals surface area contributed by atoms with Gasteiger partial charge in [0.25, 0.3) is 0 Å². The van der Waals surface area contributed by atoms with Crippen LogP contribution in [0.5, 0.6) is 0 Å². The van der Waals surface area contributed by atoms with Crippen molar-refractivity contribution in [1.29, 1.82) is 0 Å². The molecule has 0 atom stereocenters. The minimum absolute atomic E-state index is 0.00704. The quantitative estimate of drug-likeness (QED) is 0.545. The largest absolute Gasteiger partial charge is 0.461 e. The summed E-state index contributed by atoms with van der Waals surface area (Å²) in [7, 11) is 0. The van der Waals surface area contributed by atoms with Crippen molar-refractivity contribution in [2.24, 2.45) is 0 Å². The summed E-state index contributed by atoms with van der Waals surface area (Å²) in [5.41, 5.74) is 2.56. The molecule has 8 heteroatoms. The highest BCUT2D eigenvalue weighted by Crippen LogP contribution is 2.33. The molecule has 0 fully saturated rings. The average Bonchev–Trinajstić information content (AvgIpc) is 3.06. The van der Waals surface area contributed by atoms with Gasteiger partial charge in [0.05, 0.1) is 22.8 Å². The van der Waals surface area contributed by atoms with Gasteiger partial charge >= 0.3 is 5.97 Å². The summed E-state index contributed by atoms with van der Waals surface area (Å²) in [4.78, 5) is 26.5. The van der Waals surface area contributed by atoms with E-state index in [1.165, 1.54) is 19.1 Å². The van der Waals surface area contributed by atoms with Crippen LogP contribution in [0, 0.1) is 5.82 Å². The number of fused-ring (bicyclic) bond motifs is 1. The monoisotopic (exact) mass is 389 g/mol. The number of rotatable bonds is 5. The van der Waals surface area contributed by atoms with Gasteiger partial charge in [-0.25, -0.2) is 9.18 Å². The van der Waals surface area contributed by atoms with Crippen LogP contribution in [0.4, 0.5) is 21.5 Å². The Morgan fingerprint density at radius 1 is 1.19 bits per heavy atom. The van der Waals surface area contributed by atoms with Crippen molar-refractivity contribution in [3.63, 3.8) is 0 Å². The zero-order valence-corrected chi connectivity index (χ0v) is 15.4. The van der Waals surface area contributed by atoms with E-state index in [0.29, 0.717) is 28.0 Å². The van der Waals surface area contributed by atoms with E-state index >= 15 is 0 Å². The van der Waals surface area contributed by atoms with E-state index in [1.54, 1.807) is 31.2 Å². The smallest absolute Gasteiger partial charge is 0.354 e. The molecular formula is C19H17ClFN3O3. The lowest BCUT2D eigenvalue weighted by Gasteiger charge is -2.11. The van der Waals surface area contributed by atoms with Crippen molar-refractivity contribution in [2.75, 3.05) is 17.2 Å². The Bertz CT molecular complexity index is 1030. The Morgan fingerprint density at radius 3 is 2.59 bits per heavy atom. The fourth-order valence-electron chi connectivity index (χ4n) is 2.67. The summed E-state index contributed by atoms with van der Waals surface area (Å²) in [6.45, 7) is 3.36. The number of halogens is 2. The first-order valence-electron chi connectivity index (χ1n) is 8.21. The first-order valence-corrected chi connectivity index (χ1v) is 8.59. The first kappa shape index (κ1) is 18.7. The fourth-order valence-corrected chi connectivity index (χ4v) is 2.85. The number of esters is 1. The second kappa shape index (κ2) is 7.67. The minimum Gasteiger partial charge on any atom is -0.461 e. The molecule has 3 aromatic rings. The molecule has 3 N–H and O–H groups in total. The van der Waals surface area contributed by atoms with E-state index in [2.05, 4.69) is 15.6 Å². The van der Waals surface area contributed by atoms with Gasteiger partial charge in [-0.3, -0.25) is 4.79 Å². The zero-order valence-electron chi connectivity index (χ0n) is 14.7. The number of carbonyl (C=O) groups excluding carboxylic acids is 2. The molecule has 2 aromatic carbocycles. The van der Waals surface area contributed by atoms with Gasteiger partial charge in [-0.1, -0.05) is 11.6 Å². The molecule has 1 heterocycles. The summed E-state index contributed by atoms with van der Waals surface area (Å²) in [6.07, 6.45) is 0. The Balaban J connectivity index is 2.07. The molecule has 0 saturated heterocycles. The Morgan fingerprint density at radius 2 is 1.93 bits per heavy atom. The number of ether oxygens (including phenoxy) is 1. The summed E-state index contributed by atoms with van der Waals surface area (Å²) in [5.74, 6) is -1.26. The fraction of sp³-hybridized carbons (Fsp3) is 0.158. The van der Waals surface area contributed by atoms with Crippen molar-refractivity contribution in [2.45, 2.75) is 13.8 Å². The highest BCUT2D eigenvalue weighted by Gasteiger charge is 2.16. The number of H-pyrrole nitrogens is 1. The molecule has 0 unspecified atom stereocenters. The van der Waals surface area contributed by atoms with Crippen LogP contribution in [0.1, 0.15) is 24.3 Å². The lowest BCUT2D eigenvalue weighted by molar-refractivity contribution is -0.114. The van der Waals surface area contributed by atoms with Gasteiger partial charge in [-0.2, -0.15) is 0 Å². The van der Waals surface area contributed by atoms with E-state index < -0.39 is 11.8 Å². The topological polar surface area (TPSA) is 83.2 Å². The Kier molecular flexibility index (Phi) is 5.32. The van der Waals surface area contributed by atoms with Crippen LogP contribution in [-0.2, 0) is 9.53 Å². The summed E-state index contributed by atoms with van der Waals surface area (Å²) in [6, 6.07) is 9.34. The van der Waals surface area contributed by atoms with Gasteiger partial charge in [-0.05, 0) is 43.3 Å². The van der Waals surface area contributed by atoms with Crippen molar-refractivity contribution in [3.8, 4) is 0 Å². The highest BCUT2D eigenvalue weighted by atomic mass is 35.5. The molecule has 1 aromatic heterocycles. The minimum atomic E-state index is -0.514. The molecule has 6 nitrogen and oxygen atoms in total. The van der Waals surface area contributed by atoms with Crippen LogP contribution in [-0.4, -0.2) is 23.5 Å². The number of hydrogen-bond donors (Lipinski definition) is 3. The molecule has 0 aliphatic rings. The van der Waals surface area contributed by atoms with Crippen LogP contribution >= 0.6 is 11.6 Å². The first-order chi connectivity index (χ1) is 12.9. The van der Waals surface area contributed by atoms with Crippen LogP contribution in [0.25, 0.3) is 10.9 Å². The predicted octanol–water partition coefficient (Wildman–Crippen LogP) is 4.84. The lowest BCUT2D eigenvalue weighted by Crippen LogP contribution is -2.07. The maximum atomic E-state index is 13.4. The van der Waals surface area contributed by atoms with Crippen LogP contribution in [0.2, 0.25) is 5.02 Å². The average molecular weight is 390 g/mol. The van der Waals surface area contributed by atoms with Gasteiger partial charge in [0.15, 0.2) is 0 Å². The van der Waals surface area contributed by atoms with Crippen LogP contribution < -0.4 is 10.6 Å². The van der Waals surface area contributed by atoms with Crippen molar-refractivity contribution in [1.82, 2.24) is 4.98 Å². The maximum absolute atomic E-state index is 13.4. The molecule has 27 heavy (non-hydrogen) atoms. The Hall–Kier alpha value is -3.06. The predicted molar refractivity (Wildman–Crippen MR) is 103 cm³/mol. The van der Waals surface area contributed by atoms with Gasteiger partial charge in [0, 0.05) is 23.7 Å². The van der Waals surface area contributed by atoms with E-state index in [-0.39, 0.29) is 23.2 Å². The third-order valence-electron chi connectivity index (χ3n) is 3.80. The second-order valence-corrected chi connectivity index (χ2v) is 6.20. The lowest BCUT2D eigenvalue weighted by atomic mass is 10.1. The summed E-state index contributed by atoms with van der Waals surface area (Å²) >= 11 is 5.83. The second-order valence-electron chi connectivity index (χ2n) is 5.79. The number of nitrogens with one attached hydrogen (secondary N) is 3. The molecular weight excluding hydrogens is 373 g/mol. The SMILES string of the molecule is CCOC(=O)c1cc2c(Nc3ccc(F)c(Cl)c3)ccc(NC(C)=O)c2[nH]1. The van der Waals surface area contributed by atoms with Crippen LogP contribution in [0.15, 0.2) is 36.4 Å². The summed E-state index contributed by atoms with van der Waals surface area (Å²) < 4.78 is 18.4. The molecule has 1 amide bonds. The molecule has 0 aliphatic heterocycles. The molecule has 0 spiro atoms. The van der Waals surface area contributed by atoms with E-state index in [1.807, 2.05) is 0 Å². The van der Waals surface area contributed by atoms with E-state index in [9.17, 15) is 14.0 Å². The number of benzene rings is 2. The standard InChI is InChI=1S/C19H17ClFN3O3/c1-3-27-19(26)17-9-12-15(23-11-4-5-14(21)13(20)8-11)6-7-16(18(12)24-17)22-10(2)25/h4-9,23-24H,3H2,1-2H3,(H,22,25). The third kappa shape index (κ3) is 4.03. The molecule has 0 radical (unpaired) electrons. The van der Waals surface area contributed by atoms with Crippen molar-refractivity contribution in [3.05, 3.63) is 52.9 Å². The van der Waals surface area contributed by atoms with Gasteiger partial charge in [0.2, 0.25) is 5.91 Å². The third-order valence-corrected chi connectivity index (χ3v) is 4.09. The molecule has 0 saturated carbocycles. The highest BCUT2D eigenvalue weighted by molar-refractivity contribution is 6.31. The number of anilines is 3. The summed E-state index contributed by atoms with van der Waals surface area (Å²) in [5, 5.41) is 6.51. The molecule has 3 rings (SSSR count). The number of aromatic nitrogens is 1. The number of aromatic amines is 1. The number of carbonyl (C=O) groups is 2. The number of amides is 1. The van der Waals surface area contributed by atoms with Crippen LogP contribution in [0.3, 0.4) is 0 Å². The van der Waals surface area contributed by atoms with Crippen molar-refractivity contribution >= 4 is 51.4 Å².